The monoisotopic (exact) mass is 303 g/mol. The minimum Gasteiger partial charge on any atom is -0.507 e. The number of non-ortho nitro benzene ring substituents is 1. The van der Waals surface area contributed by atoms with E-state index >= 15 is 0 Å². The fourth-order valence-corrected chi connectivity index (χ4v) is 1.84. The Balaban J connectivity index is 2.12. The second-order valence-corrected chi connectivity index (χ2v) is 4.53. The summed E-state index contributed by atoms with van der Waals surface area (Å²) in [5, 5.41) is 24.0. The van der Waals surface area contributed by atoms with Crippen molar-refractivity contribution in [3.63, 3.8) is 0 Å². The number of hydrogen-bond donors (Lipinski definition) is 2. The molecule has 1 aromatic carbocycles. The predicted octanol–water partition coefficient (Wildman–Crippen LogP) is 2.27. The maximum atomic E-state index is 11.9. The summed E-state index contributed by atoms with van der Waals surface area (Å²) < 4.78 is 5.23. The van der Waals surface area contributed by atoms with Crippen molar-refractivity contribution in [2.45, 2.75) is 13.8 Å². The van der Waals surface area contributed by atoms with E-state index in [2.05, 4.69) is 10.5 Å². The molecule has 0 radical (unpaired) electrons. The van der Waals surface area contributed by atoms with E-state index in [4.69, 9.17) is 4.42 Å². The smallest absolute Gasteiger partial charge is 0.274 e. The van der Waals surface area contributed by atoms with Gasteiger partial charge in [0.05, 0.1) is 16.7 Å². The third-order valence-electron chi connectivity index (χ3n) is 2.88. The number of hydrogen-bond acceptors (Lipinski definition) is 6. The summed E-state index contributed by atoms with van der Waals surface area (Å²) in [6.45, 7) is 3.37. The van der Waals surface area contributed by atoms with E-state index in [1.807, 2.05) is 0 Å². The van der Waals surface area contributed by atoms with Gasteiger partial charge in [0.2, 0.25) is 0 Å². The lowest BCUT2D eigenvalue weighted by atomic mass is 10.2. The Bertz CT molecular complexity index is 764. The van der Waals surface area contributed by atoms with Crippen LogP contribution in [0, 0.1) is 24.0 Å². The van der Waals surface area contributed by atoms with Gasteiger partial charge in [0, 0.05) is 17.7 Å². The highest BCUT2D eigenvalue weighted by molar-refractivity contribution is 5.96. The number of aromatic hydroxyl groups is 1. The van der Waals surface area contributed by atoms with E-state index in [-0.39, 0.29) is 17.0 Å². The third kappa shape index (κ3) is 3.29. The molecule has 0 aliphatic heterocycles. The average Bonchev–Trinajstić information content (AvgIpc) is 2.79. The maximum absolute atomic E-state index is 11.9. The van der Waals surface area contributed by atoms with Crippen LogP contribution < -0.4 is 5.43 Å². The highest BCUT2D eigenvalue weighted by atomic mass is 16.6. The Kier molecular flexibility index (Phi) is 4.21. The zero-order chi connectivity index (χ0) is 16.3. The quantitative estimate of drug-likeness (QED) is 0.510. The number of aryl methyl sites for hydroxylation is 2. The Morgan fingerprint density at radius 2 is 2.14 bits per heavy atom. The average molecular weight is 303 g/mol. The van der Waals surface area contributed by atoms with Gasteiger partial charge >= 0.3 is 0 Å². The molecule has 0 fully saturated rings. The lowest BCUT2D eigenvalue weighted by Gasteiger charge is -2.00. The Morgan fingerprint density at radius 1 is 1.41 bits per heavy atom. The number of hydrazone groups is 1. The molecule has 0 unspecified atom stereocenters. The second-order valence-electron chi connectivity index (χ2n) is 4.53. The number of phenols is 1. The standard InChI is InChI=1S/C14H13N3O5/c1-8-5-12(9(2)22-8)14(19)16-15-7-10-6-11(17(20)21)3-4-13(10)18/h3-7,18H,1-2H3,(H,16,19)/b15-7-. The van der Waals surface area contributed by atoms with Crippen LogP contribution in [0.3, 0.4) is 0 Å². The lowest BCUT2D eigenvalue weighted by molar-refractivity contribution is -0.384. The minimum absolute atomic E-state index is 0.120. The lowest BCUT2D eigenvalue weighted by Crippen LogP contribution is -2.17. The number of phenolic OH excluding ortho intramolecular Hbond substituents is 1. The first-order chi connectivity index (χ1) is 10.4. The first-order valence-electron chi connectivity index (χ1n) is 6.26. The third-order valence-corrected chi connectivity index (χ3v) is 2.88. The second kappa shape index (κ2) is 6.08. The number of nitrogens with one attached hydrogen (secondary N) is 1. The minimum atomic E-state index is -0.590. The number of nitro groups is 1. The summed E-state index contributed by atoms with van der Waals surface area (Å²) in [4.78, 5) is 22.0. The van der Waals surface area contributed by atoms with Crippen molar-refractivity contribution in [2.75, 3.05) is 0 Å². The van der Waals surface area contributed by atoms with E-state index in [0.29, 0.717) is 17.1 Å². The Hall–Kier alpha value is -3.16. The number of nitrogens with zero attached hydrogens (tertiary/aromatic N) is 2. The molecule has 0 aliphatic carbocycles. The molecule has 8 nitrogen and oxygen atoms in total. The van der Waals surface area contributed by atoms with Crippen LogP contribution in [0.25, 0.3) is 0 Å². The van der Waals surface area contributed by atoms with Crippen molar-refractivity contribution < 1.29 is 19.2 Å². The van der Waals surface area contributed by atoms with E-state index in [1.54, 1.807) is 19.9 Å². The fraction of sp³-hybridized carbons (Fsp3) is 0.143. The molecule has 1 amide bonds. The number of benzene rings is 1. The van der Waals surface area contributed by atoms with E-state index in [9.17, 15) is 20.0 Å². The molecular formula is C14H13N3O5. The van der Waals surface area contributed by atoms with Crippen molar-refractivity contribution >= 4 is 17.8 Å². The number of rotatable bonds is 4. The summed E-state index contributed by atoms with van der Waals surface area (Å²) in [5.74, 6) is 0.404. The topological polar surface area (TPSA) is 118 Å². The molecule has 2 N–H and O–H groups in total. The Morgan fingerprint density at radius 3 is 2.73 bits per heavy atom. The summed E-state index contributed by atoms with van der Waals surface area (Å²) in [6.07, 6.45) is 1.13. The molecule has 114 valence electrons. The van der Waals surface area contributed by atoms with Gasteiger partial charge in [-0.2, -0.15) is 5.10 Å². The van der Waals surface area contributed by atoms with Gasteiger partial charge in [-0.25, -0.2) is 5.43 Å². The summed E-state index contributed by atoms with van der Waals surface area (Å²) in [7, 11) is 0. The van der Waals surface area contributed by atoms with E-state index in [1.165, 1.54) is 12.1 Å². The van der Waals surface area contributed by atoms with Crippen LogP contribution in [0.5, 0.6) is 5.75 Å². The van der Waals surface area contributed by atoms with Gasteiger partial charge in [-0.1, -0.05) is 0 Å². The summed E-state index contributed by atoms with van der Waals surface area (Å²) >= 11 is 0. The van der Waals surface area contributed by atoms with Crippen LogP contribution in [0.1, 0.15) is 27.4 Å². The first kappa shape index (κ1) is 15.2. The Labute approximate surface area is 125 Å². The molecule has 0 saturated heterocycles. The predicted molar refractivity (Wildman–Crippen MR) is 78.0 cm³/mol. The normalized spacial score (nSPS) is 10.8. The van der Waals surface area contributed by atoms with Gasteiger partial charge in [-0.15, -0.1) is 0 Å². The van der Waals surface area contributed by atoms with Crippen LogP contribution in [0.15, 0.2) is 33.8 Å². The highest BCUT2D eigenvalue weighted by Gasteiger charge is 2.13. The molecule has 8 heteroatoms. The zero-order valence-electron chi connectivity index (χ0n) is 11.9. The molecule has 0 spiro atoms. The van der Waals surface area contributed by atoms with Crippen molar-refractivity contribution in [1.82, 2.24) is 5.43 Å². The SMILES string of the molecule is Cc1cc(C(=O)N/N=C\c2cc([N+](=O)[O-])ccc2O)c(C)o1. The summed E-state index contributed by atoms with van der Waals surface area (Å²) in [5.41, 5.74) is 2.54. The van der Waals surface area contributed by atoms with E-state index < -0.39 is 10.8 Å². The molecule has 0 atom stereocenters. The van der Waals surface area contributed by atoms with Crippen LogP contribution in [-0.4, -0.2) is 22.2 Å². The molecule has 1 heterocycles. The van der Waals surface area contributed by atoms with Crippen LogP contribution in [0.4, 0.5) is 5.69 Å². The van der Waals surface area contributed by atoms with Crippen LogP contribution >= 0.6 is 0 Å². The van der Waals surface area contributed by atoms with E-state index in [0.717, 1.165) is 12.3 Å². The first-order valence-corrected chi connectivity index (χ1v) is 6.26. The van der Waals surface area contributed by atoms with Crippen LogP contribution in [0.2, 0.25) is 0 Å². The van der Waals surface area contributed by atoms with Gasteiger partial charge in [-0.05, 0) is 26.0 Å². The summed E-state index contributed by atoms with van der Waals surface area (Å²) in [6, 6.07) is 5.08. The molecule has 1 aromatic heterocycles. The molecule has 0 saturated carbocycles. The number of carbonyl (C=O) groups excluding carboxylic acids is 1. The van der Waals surface area contributed by atoms with Crippen molar-refractivity contribution in [3.8, 4) is 5.75 Å². The number of nitro benzene ring substituents is 1. The molecule has 22 heavy (non-hydrogen) atoms. The maximum Gasteiger partial charge on any atom is 0.274 e. The van der Waals surface area contributed by atoms with Gasteiger partial charge in [-0.3, -0.25) is 14.9 Å². The van der Waals surface area contributed by atoms with Gasteiger partial charge in [0.1, 0.15) is 17.3 Å². The number of amides is 1. The number of carbonyl (C=O) groups is 1. The zero-order valence-corrected chi connectivity index (χ0v) is 11.9. The molecule has 2 aromatic rings. The van der Waals surface area contributed by atoms with Gasteiger partial charge < -0.3 is 9.52 Å². The molecule has 0 aliphatic rings. The largest absolute Gasteiger partial charge is 0.507 e. The van der Waals surface area contributed by atoms with Crippen LogP contribution in [-0.2, 0) is 0 Å². The van der Waals surface area contributed by atoms with Crippen molar-refractivity contribution in [3.05, 3.63) is 57.0 Å². The molecule has 0 bridgehead atoms. The van der Waals surface area contributed by atoms with Gasteiger partial charge in [0.15, 0.2) is 0 Å². The fourth-order valence-electron chi connectivity index (χ4n) is 1.84. The molecule has 2 rings (SSSR count). The van der Waals surface area contributed by atoms with Crippen molar-refractivity contribution in [2.24, 2.45) is 5.10 Å². The highest BCUT2D eigenvalue weighted by Crippen LogP contribution is 2.21. The van der Waals surface area contributed by atoms with Gasteiger partial charge in [0.25, 0.3) is 11.6 Å². The molecular weight excluding hydrogens is 290 g/mol. The number of furan rings is 1. The van der Waals surface area contributed by atoms with Crippen molar-refractivity contribution in [1.29, 1.82) is 0 Å².